The molecular weight excluding hydrogens is 403 g/mol. The molecule has 5 nitrogen and oxygen atoms in total. The number of aldehydes is 1. The quantitative estimate of drug-likeness (QED) is 0.465. The van der Waals surface area contributed by atoms with Gasteiger partial charge in [0, 0.05) is 18.4 Å². The van der Waals surface area contributed by atoms with Crippen LogP contribution in [-0.2, 0) is 20.7 Å². The van der Waals surface area contributed by atoms with Crippen molar-refractivity contribution in [3.8, 4) is 5.75 Å². The maximum Gasteiger partial charge on any atom is 0.495 e. The Balaban J connectivity index is 1.44. The Morgan fingerprint density at radius 2 is 1.53 bits per heavy atom. The molecule has 1 saturated heterocycles. The van der Waals surface area contributed by atoms with Gasteiger partial charge in [0.05, 0.1) is 23.4 Å². The standard InChI is InChI=1S/C26H33BO5/c1-23(2)24(3,4)32-27(31-23)22-14-21(13-12-20(22)15-28)30-26(6)17-25(5,18-26)29-16-19-10-8-7-9-11-19/h7-15H,16-18H2,1-6H3. The number of carbonyl (C=O) groups excluding carboxylic acids is 1. The average Bonchev–Trinajstić information content (AvgIpc) is 2.93. The van der Waals surface area contributed by atoms with Gasteiger partial charge in [-0.15, -0.1) is 0 Å². The van der Waals surface area contributed by atoms with Crippen LogP contribution < -0.4 is 10.2 Å². The summed E-state index contributed by atoms with van der Waals surface area (Å²) >= 11 is 0. The minimum Gasteiger partial charge on any atom is -0.487 e. The van der Waals surface area contributed by atoms with Gasteiger partial charge in [-0.05, 0) is 70.8 Å². The lowest BCUT2D eigenvalue weighted by Gasteiger charge is -2.52. The highest BCUT2D eigenvalue weighted by atomic mass is 16.7. The van der Waals surface area contributed by atoms with Gasteiger partial charge >= 0.3 is 7.12 Å². The van der Waals surface area contributed by atoms with E-state index in [9.17, 15) is 4.79 Å². The number of rotatable bonds is 7. The van der Waals surface area contributed by atoms with E-state index in [0.29, 0.717) is 23.4 Å². The Labute approximate surface area is 191 Å². The minimum absolute atomic E-state index is 0.220. The minimum atomic E-state index is -0.614. The smallest absolute Gasteiger partial charge is 0.487 e. The molecule has 1 aliphatic carbocycles. The number of benzene rings is 2. The van der Waals surface area contributed by atoms with Gasteiger partial charge in [0.1, 0.15) is 17.6 Å². The van der Waals surface area contributed by atoms with E-state index in [-0.39, 0.29) is 11.2 Å². The van der Waals surface area contributed by atoms with Crippen molar-refractivity contribution in [3.63, 3.8) is 0 Å². The van der Waals surface area contributed by atoms with Crippen molar-refractivity contribution in [2.45, 2.75) is 83.4 Å². The van der Waals surface area contributed by atoms with Crippen molar-refractivity contribution < 1.29 is 23.6 Å². The Bertz CT molecular complexity index is 963. The summed E-state index contributed by atoms with van der Waals surface area (Å²) < 4.78 is 24.9. The fraction of sp³-hybridized carbons (Fsp3) is 0.500. The Morgan fingerprint density at radius 1 is 0.906 bits per heavy atom. The molecule has 0 N–H and O–H groups in total. The van der Waals surface area contributed by atoms with E-state index in [1.807, 2.05) is 58.0 Å². The van der Waals surface area contributed by atoms with E-state index in [4.69, 9.17) is 18.8 Å². The van der Waals surface area contributed by atoms with E-state index in [0.717, 1.165) is 19.1 Å². The molecule has 0 radical (unpaired) electrons. The third-order valence-corrected chi connectivity index (χ3v) is 6.98. The first kappa shape index (κ1) is 23.0. The third kappa shape index (κ3) is 4.49. The first-order chi connectivity index (χ1) is 14.9. The molecule has 2 aromatic carbocycles. The second-order valence-electron chi connectivity index (χ2n) is 10.6. The number of hydrogen-bond donors (Lipinski definition) is 0. The first-order valence-corrected chi connectivity index (χ1v) is 11.3. The van der Waals surface area contributed by atoms with Crippen molar-refractivity contribution in [2.24, 2.45) is 0 Å². The number of ether oxygens (including phenoxy) is 2. The monoisotopic (exact) mass is 436 g/mol. The van der Waals surface area contributed by atoms with Crippen LogP contribution in [0.3, 0.4) is 0 Å². The fourth-order valence-corrected chi connectivity index (χ4v) is 4.72. The van der Waals surface area contributed by atoms with Gasteiger partial charge in [-0.2, -0.15) is 0 Å². The summed E-state index contributed by atoms with van der Waals surface area (Å²) in [6, 6.07) is 15.7. The molecule has 1 heterocycles. The lowest BCUT2D eigenvalue weighted by molar-refractivity contribution is -0.184. The summed E-state index contributed by atoms with van der Waals surface area (Å²) in [6.07, 6.45) is 2.41. The lowest BCUT2D eigenvalue weighted by Crippen LogP contribution is -2.57. The van der Waals surface area contributed by atoms with Crippen molar-refractivity contribution in [1.29, 1.82) is 0 Å². The predicted octanol–water partition coefficient (Wildman–Crippen LogP) is 4.71. The van der Waals surface area contributed by atoms with E-state index in [2.05, 4.69) is 26.0 Å². The molecule has 1 saturated carbocycles. The predicted molar refractivity (Wildman–Crippen MR) is 125 cm³/mol. The summed E-state index contributed by atoms with van der Waals surface area (Å²) in [4.78, 5) is 11.7. The van der Waals surface area contributed by atoms with Gasteiger partial charge in [0.2, 0.25) is 0 Å². The van der Waals surface area contributed by atoms with Crippen molar-refractivity contribution in [3.05, 3.63) is 59.7 Å². The third-order valence-electron chi connectivity index (χ3n) is 6.98. The van der Waals surface area contributed by atoms with E-state index in [1.54, 1.807) is 6.07 Å². The van der Waals surface area contributed by atoms with Gasteiger partial charge in [-0.3, -0.25) is 4.79 Å². The Kier molecular flexibility index (Phi) is 5.77. The SMILES string of the molecule is CC1(OCc2ccccc2)CC(C)(Oc2ccc(C=O)c(B3OC(C)(C)C(C)(C)O3)c2)C1. The summed E-state index contributed by atoms with van der Waals surface area (Å²) in [5, 5.41) is 0. The normalized spacial score (nSPS) is 28.2. The molecule has 2 fully saturated rings. The molecule has 2 aliphatic rings. The molecule has 4 rings (SSSR count). The van der Waals surface area contributed by atoms with E-state index in [1.165, 1.54) is 5.56 Å². The highest BCUT2D eigenvalue weighted by Gasteiger charge is 2.53. The fourth-order valence-electron chi connectivity index (χ4n) is 4.72. The molecule has 0 unspecified atom stereocenters. The van der Waals surface area contributed by atoms with Gasteiger partial charge < -0.3 is 18.8 Å². The molecule has 0 spiro atoms. The highest BCUT2D eigenvalue weighted by Crippen LogP contribution is 2.47. The van der Waals surface area contributed by atoms with Gasteiger partial charge in [-0.1, -0.05) is 30.3 Å². The summed E-state index contributed by atoms with van der Waals surface area (Å²) in [5.41, 5.74) is 0.898. The topological polar surface area (TPSA) is 54.0 Å². The van der Waals surface area contributed by atoms with Crippen LogP contribution in [-0.4, -0.2) is 35.8 Å². The van der Waals surface area contributed by atoms with Crippen molar-refractivity contribution >= 4 is 18.9 Å². The number of hydrogen-bond acceptors (Lipinski definition) is 5. The average molecular weight is 436 g/mol. The molecule has 0 bridgehead atoms. The van der Waals surface area contributed by atoms with Gasteiger partial charge in [0.15, 0.2) is 0 Å². The van der Waals surface area contributed by atoms with Crippen LogP contribution >= 0.6 is 0 Å². The summed E-state index contributed by atoms with van der Waals surface area (Å²) in [7, 11) is -0.614. The second kappa shape index (κ2) is 8.01. The lowest BCUT2D eigenvalue weighted by atomic mass is 9.69. The first-order valence-electron chi connectivity index (χ1n) is 11.3. The maximum atomic E-state index is 11.7. The summed E-state index contributed by atoms with van der Waals surface area (Å²) in [6.45, 7) is 12.8. The number of carbonyl (C=O) groups is 1. The van der Waals surface area contributed by atoms with Crippen molar-refractivity contribution in [1.82, 2.24) is 0 Å². The van der Waals surface area contributed by atoms with Crippen LogP contribution in [0.25, 0.3) is 0 Å². The van der Waals surface area contributed by atoms with E-state index < -0.39 is 18.3 Å². The molecular formula is C26H33BO5. The van der Waals surface area contributed by atoms with Crippen LogP contribution in [0, 0.1) is 0 Å². The molecule has 170 valence electrons. The second-order valence-corrected chi connectivity index (χ2v) is 10.6. The van der Waals surface area contributed by atoms with Crippen LogP contribution in [0.2, 0.25) is 0 Å². The maximum absolute atomic E-state index is 11.7. The molecule has 6 heteroatoms. The van der Waals surface area contributed by atoms with Crippen molar-refractivity contribution in [2.75, 3.05) is 0 Å². The largest absolute Gasteiger partial charge is 0.495 e. The van der Waals surface area contributed by atoms with Crippen LogP contribution in [0.15, 0.2) is 48.5 Å². The molecule has 32 heavy (non-hydrogen) atoms. The molecule has 0 amide bonds. The molecule has 1 aliphatic heterocycles. The van der Waals surface area contributed by atoms with Crippen LogP contribution in [0.4, 0.5) is 0 Å². The zero-order valence-corrected chi connectivity index (χ0v) is 19.9. The van der Waals surface area contributed by atoms with Gasteiger partial charge in [0.25, 0.3) is 0 Å². The van der Waals surface area contributed by atoms with Crippen LogP contribution in [0.1, 0.15) is 70.3 Å². The van der Waals surface area contributed by atoms with E-state index >= 15 is 0 Å². The Morgan fingerprint density at radius 3 is 2.12 bits per heavy atom. The zero-order chi connectivity index (χ0) is 23.2. The molecule has 0 atom stereocenters. The Hall–Kier alpha value is -2.15. The summed E-state index contributed by atoms with van der Waals surface area (Å²) in [5.74, 6) is 0.702. The zero-order valence-electron chi connectivity index (χ0n) is 19.9. The highest BCUT2D eigenvalue weighted by molar-refractivity contribution is 6.63. The molecule has 2 aromatic rings. The van der Waals surface area contributed by atoms with Crippen LogP contribution in [0.5, 0.6) is 5.75 Å². The van der Waals surface area contributed by atoms with Gasteiger partial charge in [-0.25, -0.2) is 0 Å². The molecule has 0 aromatic heterocycles.